The third kappa shape index (κ3) is 2.35. The molecule has 1 amide bonds. The average molecular weight is 315 g/mol. The highest BCUT2D eigenvalue weighted by Crippen LogP contribution is 2.36. The van der Waals surface area contributed by atoms with Crippen LogP contribution < -0.4 is 9.47 Å². The molecule has 0 aliphatic carbocycles. The van der Waals surface area contributed by atoms with Gasteiger partial charge in [-0.05, 0) is 47.4 Å². The van der Waals surface area contributed by atoms with Crippen LogP contribution in [0.2, 0.25) is 0 Å². The molecular weight excluding hydrogens is 298 g/mol. The van der Waals surface area contributed by atoms with Gasteiger partial charge in [-0.1, -0.05) is 12.1 Å². The standard InChI is InChI=1S/C17H17NO3S/c19-17(16-10-20-14-5-1-2-6-15(14)21-16)18-8-3-4-13(18)12-7-9-22-11-12/h1-2,5-7,9,11,13,16H,3-4,8,10H2/t13-,16+/m0/s1. The van der Waals surface area contributed by atoms with Crippen molar-refractivity contribution in [2.24, 2.45) is 0 Å². The molecule has 2 aliphatic heterocycles. The van der Waals surface area contributed by atoms with E-state index in [9.17, 15) is 4.79 Å². The lowest BCUT2D eigenvalue weighted by molar-refractivity contribution is -0.142. The smallest absolute Gasteiger partial charge is 0.267 e. The normalized spacial score (nSPS) is 23.5. The highest BCUT2D eigenvalue weighted by Gasteiger charge is 2.37. The number of amides is 1. The van der Waals surface area contributed by atoms with Crippen LogP contribution in [0.25, 0.3) is 0 Å². The van der Waals surface area contributed by atoms with Crippen molar-refractivity contribution in [1.29, 1.82) is 0 Å². The molecule has 2 atom stereocenters. The third-order valence-corrected chi connectivity index (χ3v) is 4.95. The van der Waals surface area contributed by atoms with Crippen molar-refractivity contribution < 1.29 is 14.3 Å². The fourth-order valence-electron chi connectivity index (χ4n) is 3.17. The molecule has 0 radical (unpaired) electrons. The molecule has 0 unspecified atom stereocenters. The van der Waals surface area contributed by atoms with Crippen molar-refractivity contribution >= 4 is 17.2 Å². The lowest BCUT2D eigenvalue weighted by Gasteiger charge is -2.31. The summed E-state index contributed by atoms with van der Waals surface area (Å²) in [6, 6.07) is 9.78. The Morgan fingerprint density at radius 3 is 2.91 bits per heavy atom. The first kappa shape index (κ1) is 13.6. The Hall–Kier alpha value is -2.01. The summed E-state index contributed by atoms with van der Waals surface area (Å²) in [4.78, 5) is 14.8. The van der Waals surface area contributed by atoms with Crippen LogP contribution in [0, 0.1) is 0 Å². The first-order valence-electron chi connectivity index (χ1n) is 7.54. The van der Waals surface area contributed by atoms with Crippen LogP contribution >= 0.6 is 11.3 Å². The first-order chi connectivity index (χ1) is 10.8. The number of para-hydroxylation sites is 2. The van der Waals surface area contributed by atoms with Crippen LogP contribution in [-0.4, -0.2) is 30.1 Å². The SMILES string of the molecule is O=C([C@H]1COc2ccccc2O1)N1CCC[C@H]1c1ccsc1. The number of ether oxygens (including phenoxy) is 2. The zero-order valence-electron chi connectivity index (χ0n) is 12.1. The minimum absolute atomic E-state index is 0.0307. The van der Waals surface area contributed by atoms with E-state index >= 15 is 0 Å². The molecule has 4 nitrogen and oxygen atoms in total. The molecule has 0 N–H and O–H groups in total. The van der Waals surface area contributed by atoms with Crippen LogP contribution in [0.1, 0.15) is 24.4 Å². The molecule has 3 heterocycles. The zero-order valence-corrected chi connectivity index (χ0v) is 12.9. The maximum absolute atomic E-state index is 12.8. The van der Waals surface area contributed by atoms with Gasteiger partial charge in [0, 0.05) is 6.54 Å². The van der Waals surface area contributed by atoms with Gasteiger partial charge in [0.2, 0.25) is 6.10 Å². The number of likely N-dealkylation sites (tertiary alicyclic amines) is 1. The maximum atomic E-state index is 12.8. The quantitative estimate of drug-likeness (QED) is 0.854. The summed E-state index contributed by atoms with van der Waals surface area (Å²) in [5.74, 6) is 1.39. The summed E-state index contributed by atoms with van der Waals surface area (Å²) >= 11 is 1.67. The molecule has 0 bridgehead atoms. The van der Waals surface area contributed by atoms with Gasteiger partial charge in [0.25, 0.3) is 5.91 Å². The number of fused-ring (bicyclic) bond motifs is 1. The molecule has 1 aromatic heterocycles. The summed E-state index contributed by atoms with van der Waals surface area (Å²) in [6.45, 7) is 1.07. The summed E-state index contributed by atoms with van der Waals surface area (Å²) in [7, 11) is 0. The largest absolute Gasteiger partial charge is 0.485 e. The van der Waals surface area contributed by atoms with Gasteiger partial charge in [0.15, 0.2) is 11.5 Å². The molecule has 1 aromatic carbocycles. The molecule has 22 heavy (non-hydrogen) atoms. The average Bonchev–Trinajstić information content (AvgIpc) is 3.24. The topological polar surface area (TPSA) is 38.8 Å². The molecular formula is C17H17NO3S. The van der Waals surface area contributed by atoms with E-state index in [1.165, 1.54) is 5.56 Å². The van der Waals surface area contributed by atoms with Crippen molar-refractivity contribution in [3.05, 3.63) is 46.7 Å². The number of benzene rings is 1. The molecule has 0 spiro atoms. The molecule has 114 valence electrons. The second-order valence-electron chi connectivity index (χ2n) is 5.61. The molecule has 1 fully saturated rings. The lowest BCUT2D eigenvalue weighted by Crippen LogP contribution is -2.46. The summed E-state index contributed by atoms with van der Waals surface area (Å²) in [5, 5.41) is 4.19. The maximum Gasteiger partial charge on any atom is 0.267 e. The third-order valence-electron chi connectivity index (χ3n) is 4.25. The monoisotopic (exact) mass is 315 g/mol. The van der Waals surface area contributed by atoms with Crippen LogP contribution in [0.5, 0.6) is 11.5 Å². The second-order valence-corrected chi connectivity index (χ2v) is 6.39. The Bertz CT molecular complexity index is 670. The van der Waals surface area contributed by atoms with E-state index < -0.39 is 6.10 Å². The lowest BCUT2D eigenvalue weighted by atomic mass is 10.1. The van der Waals surface area contributed by atoms with Crippen LogP contribution in [0.15, 0.2) is 41.1 Å². The van der Waals surface area contributed by atoms with E-state index in [-0.39, 0.29) is 18.6 Å². The van der Waals surface area contributed by atoms with Gasteiger partial charge in [-0.3, -0.25) is 4.79 Å². The molecule has 1 saturated heterocycles. The van der Waals surface area contributed by atoms with Gasteiger partial charge >= 0.3 is 0 Å². The number of carbonyl (C=O) groups is 1. The number of thiophene rings is 1. The fraction of sp³-hybridized carbons (Fsp3) is 0.353. The number of hydrogen-bond acceptors (Lipinski definition) is 4. The predicted octanol–water partition coefficient (Wildman–Crippen LogP) is 3.25. The molecule has 2 aromatic rings. The van der Waals surface area contributed by atoms with Crippen LogP contribution in [-0.2, 0) is 4.79 Å². The second kappa shape index (κ2) is 5.65. The Labute approximate surface area is 133 Å². The van der Waals surface area contributed by atoms with E-state index in [1.54, 1.807) is 11.3 Å². The number of carbonyl (C=O) groups excluding carboxylic acids is 1. The molecule has 0 saturated carbocycles. The van der Waals surface area contributed by atoms with Crippen molar-refractivity contribution in [1.82, 2.24) is 4.90 Å². The molecule has 5 heteroatoms. The van der Waals surface area contributed by atoms with Gasteiger partial charge in [0.05, 0.1) is 6.04 Å². The number of hydrogen-bond donors (Lipinski definition) is 0. The summed E-state index contributed by atoms with van der Waals surface area (Å²) in [6.07, 6.45) is 1.51. The van der Waals surface area contributed by atoms with E-state index in [0.29, 0.717) is 11.5 Å². The van der Waals surface area contributed by atoms with Gasteiger partial charge < -0.3 is 14.4 Å². The first-order valence-corrected chi connectivity index (χ1v) is 8.48. The highest BCUT2D eigenvalue weighted by atomic mass is 32.1. The van der Waals surface area contributed by atoms with Gasteiger partial charge in [-0.15, -0.1) is 0 Å². The zero-order chi connectivity index (χ0) is 14.9. The van der Waals surface area contributed by atoms with Gasteiger partial charge in [-0.2, -0.15) is 11.3 Å². The Balaban J connectivity index is 1.52. The minimum Gasteiger partial charge on any atom is -0.485 e. The van der Waals surface area contributed by atoms with E-state index in [1.807, 2.05) is 29.2 Å². The van der Waals surface area contributed by atoms with E-state index in [0.717, 1.165) is 19.4 Å². The van der Waals surface area contributed by atoms with Crippen molar-refractivity contribution in [3.8, 4) is 11.5 Å². The van der Waals surface area contributed by atoms with Crippen molar-refractivity contribution in [3.63, 3.8) is 0 Å². The Morgan fingerprint density at radius 1 is 1.23 bits per heavy atom. The number of nitrogens with zero attached hydrogens (tertiary/aromatic N) is 1. The van der Waals surface area contributed by atoms with E-state index in [4.69, 9.17) is 9.47 Å². The minimum atomic E-state index is -0.547. The van der Waals surface area contributed by atoms with Crippen molar-refractivity contribution in [2.45, 2.75) is 25.0 Å². The Kier molecular flexibility index (Phi) is 3.50. The van der Waals surface area contributed by atoms with Gasteiger partial charge in [0.1, 0.15) is 6.61 Å². The molecule has 4 rings (SSSR count). The highest BCUT2D eigenvalue weighted by molar-refractivity contribution is 7.07. The number of rotatable bonds is 2. The summed E-state index contributed by atoms with van der Waals surface area (Å²) < 4.78 is 11.5. The van der Waals surface area contributed by atoms with Gasteiger partial charge in [-0.25, -0.2) is 0 Å². The Morgan fingerprint density at radius 2 is 2.09 bits per heavy atom. The predicted molar refractivity (Wildman–Crippen MR) is 84.4 cm³/mol. The van der Waals surface area contributed by atoms with Crippen LogP contribution in [0.3, 0.4) is 0 Å². The van der Waals surface area contributed by atoms with Crippen molar-refractivity contribution in [2.75, 3.05) is 13.2 Å². The van der Waals surface area contributed by atoms with E-state index in [2.05, 4.69) is 16.8 Å². The summed E-state index contributed by atoms with van der Waals surface area (Å²) in [5.41, 5.74) is 1.23. The van der Waals surface area contributed by atoms with Crippen LogP contribution in [0.4, 0.5) is 0 Å². The fourth-order valence-corrected chi connectivity index (χ4v) is 3.87. The molecule has 2 aliphatic rings.